The van der Waals surface area contributed by atoms with E-state index >= 15 is 0 Å². The molecule has 45 heavy (non-hydrogen) atoms. The van der Waals surface area contributed by atoms with Gasteiger partial charge >= 0.3 is 0 Å². The molecule has 0 aliphatic rings. The molecule has 0 aromatic heterocycles. The first-order valence-electron chi connectivity index (χ1n) is 16.9. The van der Waals surface area contributed by atoms with Gasteiger partial charge in [-0.2, -0.15) is 0 Å². The Balaban J connectivity index is 1.96. The van der Waals surface area contributed by atoms with E-state index in [1.807, 2.05) is 18.2 Å². The van der Waals surface area contributed by atoms with Crippen molar-refractivity contribution in [2.45, 2.75) is 111 Å². The van der Waals surface area contributed by atoms with Gasteiger partial charge in [-0.3, -0.25) is 4.79 Å². The highest BCUT2D eigenvalue weighted by Gasteiger charge is 2.34. The van der Waals surface area contributed by atoms with Crippen molar-refractivity contribution in [3.63, 3.8) is 0 Å². The second kappa shape index (κ2) is 16.1. The molecule has 3 aromatic rings. The third kappa shape index (κ3) is 8.87. The Morgan fingerprint density at radius 3 is 2.07 bits per heavy atom. The van der Waals surface area contributed by atoms with Gasteiger partial charge < -0.3 is 25.0 Å². The van der Waals surface area contributed by atoms with E-state index in [1.54, 1.807) is 7.05 Å². The van der Waals surface area contributed by atoms with Gasteiger partial charge in [-0.1, -0.05) is 90.8 Å². The van der Waals surface area contributed by atoms with Crippen LogP contribution in [0.3, 0.4) is 0 Å². The first kappa shape index (κ1) is 36.5. The molecule has 0 radical (unpaired) electrons. The summed E-state index contributed by atoms with van der Waals surface area (Å²) < 4.78 is 6.86. The average Bonchev–Trinajstić information content (AvgIpc) is 3.00. The van der Waals surface area contributed by atoms with Gasteiger partial charge in [0.25, 0.3) is 5.91 Å². The van der Waals surface area contributed by atoms with E-state index < -0.39 is 6.29 Å². The predicted molar refractivity (Wildman–Crippen MR) is 185 cm³/mol. The summed E-state index contributed by atoms with van der Waals surface area (Å²) in [6.07, 6.45) is 5.37. The molecule has 0 heterocycles. The Kier molecular flexibility index (Phi) is 13.0. The highest BCUT2D eigenvalue weighted by Crippen LogP contribution is 2.42. The second-order valence-electron chi connectivity index (χ2n) is 13.8. The van der Waals surface area contributed by atoms with Gasteiger partial charge in [0.1, 0.15) is 11.9 Å². The Morgan fingerprint density at radius 2 is 1.49 bits per heavy atom. The van der Waals surface area contributed by atoms with Gasteiger partial charge in [0.2, 0.25) is 0 Å². The fraction of sp³-hybridized carbons (Fsp3) is 0.564. The van der Waals surface area contributed by atoms with E-state index in [0.29, 0.717) is 11.5 Å². The Hall–Kier alpha value is -2.93. The predicted octanol–water partition coefficient (Wildman–Crippen LogP) is 8.01. The Labute approximate surface area is 271 Å². The fourth-order valence-electron chi connectivity index (χ4n) is 6.94. The van der Waals surface area contributed by atoms with Crippen LogP contribution in [0.5, 0.6) is 5.75 Å². The number of likely N-dealkylation sites (N-methyl/N-ethyl adjacent to an activating group) is 1. The molecule has 0 aliphatic carbocycles. The van der Waals surface area contributed by atoms with Crippen molar-refractivity contribution in [3.8, 4) is 5.75 Å². The average molecular weight is 620 g/mol. The molecule has 0 spiro atoms. The van der Waals surface area contributed by atoms with E-state index in [0.717, 1.165) is 67.0 Å². The van der Waals surface area contributed by atoms with Crippen LogP contribution >= 0.6 is 0 Å². The third-order valence-electron chi connectivity index (χ3n) is 9.71. The summed E-state index contributed by atoms with van der Waals surface area (Å²) in [4.78, 5) is 14.1. The zero-order valence-electron chi connectivity index (χ0n) is 28.9. The molecule has 0 saturated carbocycles. The first-order chi connectivity index (χ1) is 21.3. The van der Waals surface area contributed by atoms with E-state index in [4.69, 9.17) is 4.74 Å². The summed E-state index contributed by atoms with van der Waals surface area (Å²) in [5, 5.41) is 30.1. The van der Waals surface area contributed by atoms with Gasteiger partial charge in [0, 0.05) is 30.6 Å². The lowest BCUT2D eigenvalue weighted by Crippen LogP contribution is -2.36. The number of aliphatic hydroxyl groups is 3. The highest BCUT2D eigenvalue weighted by atomic mass is 16.5. The molecule has 0 aliphatic heterocycles. The van der Waals surface area contributed by atoms with Crippen LogP contribution in [0.15, 0.2) is 54.6 Å². The molecule has 3 aromatic carbocycles. The maximum Gasteiger partial charge on any atom is 0.253 e. The van der Waals surface area contributed by atoms with Crippen LogP contribution in [0.1, 0.15) is 114 Å². The summed E-state index contributed by atoms with van der Waals surface area (Å²) in [5.74, 6) is 1.03. The van der Waals surface area contributed by atoms with Crippen LogP contribution in [0.2, 0.25) is 0 Å². The van der Waals surface area contributed by atoms with Crippen LogP contribution < -0.4 is 4.74 Å². The number of carbonyl (C=O) groups excluding carboxylic acids is 1. The highest BCUT2D eigenvalue weighted by molar-refractivity contribution is 5.98. The summed E-state index contributed by atoms with van der Waals surface area (Å²) in [6.45, 7) is 15.8. The quantitative estimate of drug-likeness (QED) is 0.141. The van der Waals surface area contributed by atoms with Crippen molar-refractivity contribution >= 4 is 16.7 Å². The smallest absolute Gasteiger partial charge is 0.253 e. The number of hydrogen-bond donors (Lipinski definition) is 3. The van der Waals surface area contributed by atoms with Gasteiger partial charge in [0.05, 0.1) is 6.54 Å². The largest absolute Gasteiger partial charge is 0.490 e. The Morgan fingerprint density at radius 1 is 0.867 bits per heavy atom. The number of aliphatic hydroxyl groups excluding tert-OH is 2. The number of carbonyl (C=O) groups is 1. The van der Waals surface area contributed by atoms with Gasteiger partial charge in [-0.25, -0.2) is 0 Å². The monoisotopic (exact) mass is 619 g/mol. The first-order valence-corrected chi connectivity index (χ1v) is 16.9. The van der Waals surface area contributed by atoms with E-state index in [9.17, 15) is 20.1 Å². The molecule has 3 rings (SSSR count). The number of amides is 1. The van der Waals surface area contributed by atoms with Crippen molar-refractivity contribution in [1.82, 2.24) is 4.90 Å². The summed E-state index contributed by atoms with van der Waals surface area (Å²) in [5.41, 5.74) is 4.05. The minimum absolute atomic E-state index is 0.0724. The number of unbranched alkanes of at least 4 members (excludes halogenated alkanes) is 1. The molecule has 3 N–H and O–H groups in total. The van der Waals surface area contributed by atoms with E-state index in [2.05, 4.69) is 84.9 Å². The molecule has 6 nitrogen and oxygen atoms in total. The topological polar surface area (TPSA) is 90.2 Å². The summed E-state index contributed by atoms with van der Waals surface area (Å²) in [6, 6.07) is 18.9. The molecule has 2 unspecified atom stereocenters. The second-order valence-corrected chi connectivity index (χ2v) is 13.8. The molecule has 1 amide bonds. The third-order valence-corrected chi connectivity index (χ3v) is 9.71. The molecule has 2 atom stereocenters. The Bertz CT molecular complexity index is 1390. The molecule has 0 saturated heterocycles. The summed E-state index contributed by atoms with van der Waals surface area (Å²) >= 11 is 0. The lowest BCUT2D eigenvalue weighted by Gasteiger charge is -2.38. The normalized spacial score (nSPS) is 13.7. The molecule has 0 fully saturated rings. The zero-order valence-corrected chi connectivity index (χ0v) is 28.9. The maximum absolute atomic E-state index is 12.8. The van der Waals surface area contributed by atoms with Crippen LogP contribution in [0.25, 0.3) is 10.8 Å². The number of nitrogens with zero attached hydrogens (tertiary/aromatic N) is 1. The lowest BCUT2D eigenvalue weighted by molar-refractivity contribution is -0.0533. The van der Waals surface area contributed by atoms with E-state index in [1.165, 1.54) is 16.0 Å². The van der Waals surface area contributed by atoms with Gasteiger partial charge in [-0.15, -0.1) is 0 Å². The number of fused-ring (bicyclic) bond motifs is 1. The molecular weight excluding hydrogens is 562 g/mol. The number of ether oxygens (including phenoxy) is 1. The standard InChI is InChI=1S/C39H57NO5/c1-9-12-15-35(33(14-13-22-41)38(5,6)7)45-34-21-20-31(23-27(34)4)39(10-2,11-3)32-19-18-28-24-30(17-16-29(28)25-32)37(44)40(8)26-36(42)43/h16-21,23-25,33,35-36,41-43H,9-15,22,26H2,1-8H3. The molecule has 248 valence electrons. The van der Waals surface area contributed by atoms with Crippen LogP contribution in [-0.2, 0) is 5.41 Å². The number of benzene rings is 3. The van der Waals surface area contributed by atoms with Gasteiger partial charge in [-0.05, 0) is 90.1 Å². The number of rotatable bonds is 16. The van der Waals surface area contributed by atoms with Crippen molar-refractivity contribution < 1.29 is 24.9 Å². The minimum atomic E-state index is -1.57. The maximum atomic E-state index is 12.8. The minimum Gasteiger partial charge on any atom is -0.490 e. The van der Waals surface area contributed by atoms with E-state index in [-0.39, 0.29) is 36.0 Å². The fourth-order valence-corrected chi connectivity index (χ4v) is 6.94. The van der Waals surface area contributed by atoms with Crippen LogP contribution in [-0.4, -0.2) is 58.7 Å². The van der Waals surface area contributed by atoms with Crippen molar-refractivity contribution in [1.29, 1.82) is 0 Å². The lowest BCUT2D eigenvalue weighted by atomic mass is 9.70. The van der Waals surface area contributed by atoms with Gasteiger partial charge in [0.15, 0.2) is 6.29 Å². The number of aryl methyl sites for hydroxylation is 1. The SMILES string of the molecule is CCCCC(Oc1ccc(C(CC)(CC)c2ccc3cc(C(=O)N(C)CC(O)O)ccc3c2)cc1C)C(CCCO)C(C)(C)C. The molecule has 0 bridgehead atoms. The zero-order chi connectivity index (χ0) is 33.4. The van der Waals surface area contributed by atoms with Crippen LogP contribution in [0, 0.1) is 18.3 Å². The van der Waals surface area contributed by atoms with Crippen LogP contribution in [0.4, 0.5) is 0 Å². The van der Waals surface area contributed by atoms with Crippen molar-refractivity contribution in [3.05, 3.63) is 76.9 Å². The summed E-state index contributed by atoms with van der Waals surface area (Å²) in [7, 11) is 1.57. The molecular formula is C39H57NO5. The molecule has 6 heteroatoms. The van der Waals surface area contributed by atoms with Crippen molar-refractivity contribution in [2.75, 3.05) is 20.2 Å². The number of hydrogen-bond acceptors (Lipinski definition) is 5. The van der Waals surface area contributed by atoms with Crippen molar-refractivity contribution in [2.24, 2.45) is 11.3 Å².